The van der Waals surface area contributed by atoms with Crippen LogP contribution >= 0.6 is 22.6 Å². The lowest BCUT2D eigenvalue weighted by Crippen LogP contribution is -2.60. The number of allylic oxidation sites excluding steroid dienone is 1. The summed E-state index contributed by atoms with van der Waals surface area (Å²) in [7, 11) is 0. The van der Waals surface area contributed by atoms with Crippen LogP contribution in [0.2, 0.25) is 0 Å². The summed E-state index contributed by atoms with van der Waals surface area (Å²) in [6, 6.07) is 1.48. The highest BCUT2D eigenvalue weighted by molar-refractivity contribution is 14.1. The van der Waals surface area contributed by atoms with Gasteiger partial charge in [0.2, 0.25) is 0 Å². The van der Waals surface area contributed by atoms with Crippen LogP contribution < -0.4 is 0 Å². The largest absolute Gasteiger partial charge is 0.297 e. The Morgan fingerprint density at radius 3 is 2.40 bits per heavy atom. The Kier molecular flexibility index (Phi) is 5.10. The van der Waals surface area contributed by atoms with Crippen LogP contribution in [0.3, 0.4) is 0 Å². The molecule has 0 radical (unpaired) electrons. The summed E-state index contributed by atoms with van der Waals surface area (Å²) in [4.78, 5) is 2.64. The number of hydrogen-bond acceptors (Lipinski definition) is 1. The molecule has 0 saturated carbocycles. The number of nitrogens with zero attached hydrogens (tertiary/aromatic N) is 1. The fourth-order valence-electron chi connectivity index (χ4n) is 2.32. The Hall–Kier alpha value is 0.430. The summed E-state index contributed by atoms with van der Waals surface area (Å²) in [5.41, 5.74) is 1.45. The molecule has 0 spiro atoms. The summed E-state index contributed by atoms with van der Waals surface area (Å²) >= 11 is 2.58. The number of halogens is 1. The monoisotopic (exact) mass is 321 g/mol. The Bertz CT molecular complexity index is 215. The van der Waals surface area contributed by atoms with Gasteiger partial charge in [-0.2, -0.15) is 0 Å². The third-order valence-corrected chi connectivity index (χ3v) is 4.29. The quantitative estimate of drug-likeness (QED) is 0.432. The zero-order valence-electron chi connectivity index (χ0n) is 10.6. The van der Waals surface area contributed by atoms with E-state index in [0.717, 1.165) is 15.9 Å². The van der Waals surface area contributed by atoms with Gasteiger partial charge in [-0.3, -0.25) is 4.90 Å². The molecule has 0 N–H and O–H groups in total. The van der Waals surface area contributed by atoms with Gasteiger partial charge < -0.3 is 0 Å². The first-order valence-corrected chi connectivity index (χ1v) is 7.21. The van der Waals surface area contributed by atoms with Crippen LogP contribution in [0.1, 0.15) is 41.0 Å². The standard InChI is InChI=1S/C13H24IN/c1-9(2)6-7-13-12(11(5)14)8-15(13)10(3)4/h6,10-13H,7-8H2,1-5H3. The van der Waals surface area contributed by atoms with E-state index in [9.17, 15) is 0 Å². The molecule has 1 fully saturated rings. The molecule has 1 rings (SSSR count). The molecule has 0 aromatic heterocycles. The molecular formula is C13H24IN. The van der Waals surface area contributed by atoms with Crippen LogP contribution in [-0.2, 0) is 0 Å². The van der Waals surface area contributed by atoms with E-state index in [1.807, 2.05) is 0 Å². The topological polar surface area (TPSA) is 3.24 Å². The minimum absolute atomic E-state index is 0.701. The van der Waals surface area contributed by atoms with E-state index < -0.39 is 0 Å². The summed E-state index contributed by atoms with van der Waals surface area (Å²) in [5, 5.41) is 0. The highest BCUT2D eigenvalue weighted by atomic mass is 127. The number of alkyl halides is 1. The van der Waals surface area contributed by atoms with Gasteiger partial charge in [0.05, 0.1) is 0 Å². The number of likely N-dealkylation sites (tertiary alicyclic amines) is 1. The lowest BCUT2D eigenvalue weighted by Gasteiger charge is -2.52. The van der Waals surface area contributed by atoms with Crippen molar-refractivity contribution in [2.75, 3.05) is 6.54 Å². The van der Waals surface area contributed by atoms with Crippen LogP contribution in [0.4, 0.5) is 0 Å². The second-order valence-electron chi connectivity index (χ2n) is 5.22. The molecule has 2 heteroatoms. The Morgan fingerprint density at radius 1 is 1.40 bits per heavy atom. The lowest BCUT2D eigenvalue weighted by atomic mass is 9.82. The van der Waals surface area contributed by atoms with Crippen molar-refractivity contribution in [3.8, 4) is 0 Å². The molecule has 1 nitrogen and oxygen atoms in total. The fourth-order valence-corrected chi connectivity index (χ4v) is 3.03. The molecule has 0 amide bonds. The van der Waals surface area contributed by atoms with E-state index in [0.29, 0.717) is 6.04 Å². The van der Waals surface area contributed by atoms with E-state index >= 15 is 0 Å². The Morgan fingerprint density at radius 2 is 2.00 bits per heavy atom. The summed E-state index contributed by atoms with van der Waals surface area (Å²) in [5.74, 6) is 0.892. The van der Waals surface area contributed by atoms with Crippen LogP contribution in [0, 0.1) is 5.92 Å². The average Bonchev–Trinajstić information content (AvgIpc) is 1.99. The van der Waals surface area contributed by atoms with Crippen molar-refractivity contribution in [3.05, 3.63) is 11.6 Å². The van der Waals surface area contributed by atoms with E-state index in [4.69, 9.17) is 0 Å². The predicted octanol–water partition coefficient (Wildman–Crippen LogP) is 3.88. The zero-order valence-corrected chi connectivity index (χ0v) is 12.8. The minimum Gasteiger partial charge on any atom is -0.297 e. The minimum atomic E-state index is 0.701. The highest BCUT2D eigenvalue weighted by Crippen LogP contribution is 2.35. The van der Waals surface area contributed by atoms with Gasteiger partial charge in [0.25, 0.3) is 0 Å². The van der Waals surface area contributed by atoms with E-state index in [1.165, 1.54) is 18.5 Å². The van der Waals surface area contributed by atoms with Crippen molar-refractivity contribution in [2.24, 2.45) is 5.92 Å². The van der Waals surface area contributed by atoms with Crippen molar-refractivity contribution < 1.29 is 0 Å². The molecule has 0 bridgehead atoms. The fraction of sp³-hybridized carbons (Fsp3) is 0.846. The zero-order chi connectivity index (χ0) is 11.6. The van der Waals surface area contributed by atoms with E-state index in [-0.39, 0.29) is 0 Å². The van der Waals surface area contributed by atoms with E-state index in [1.54, 1.807) is 0 Å². The molecule has 3 atom stereocenters. The lowest BCUT2D eigenvalue weighted by molar-refractivity contribution is -0.00643. The summed E-state index contributed by atoms with van der Waals surface area (Å²) in [6.07, 6.45) is 3.63. The van der Waals surface area contributed by atoms with Crippen molar-refractivity contribution in [3.63, 3.8) is 0 Å². The van der Waals surface area contributed by atoms with Crippen molar-refractivity contribution >= 4 is 22.6 Å². The van der Waals surface area contributed by atoms with Gasteiger partial charge in [0.1, 0.15) is 0 Å². The van der Waals surface area contributed by atoms with Crippen molar-refractivity contribution in [2.45, 2.75) is 57.0 Å². The number of hydrogen-bond donors (Lipinski definition) is 0. The van der Waals surface area contributed by atoms with Crippen LogP contribution in [0.25, 0.3) is 0 Å². The highest BCUT2D eigenvalue weighted by Gasteiger charge is 2.41. The second kappa shape index (κ2) is 5.67. The predicted molar refractivity (Wildman–Crippen MR) is 76.7 cm³/mol. The Balaban J connectivity index is 2.57. The normalized spacial score (nSPS) is 28.7. The molecule has 0 aromatic rings. The van der Waals surface area contributed by atoms with Gasteiger partial charge in [-0.25, -0.2) is 0 Å². The first-order valence-electron chi connectivity index (χ1n) is 5.96. The third kappa shape index (κ3) is 3.45. The molecule has 1 heterocycles. The third-order valence-electron chi connectivity index (χ3n) is 3.36. The molecule has 1 aliphatic rings. The average molecular weight is 321 g/mol. The van der Waals surface area contributed by atoms with Gasteiger partial charge >= 0.3 is 0 Å². The Labute approximate surface area is 108 Å². The molecule has 0 aromatic carbocycles. The maximum Gasteiger partial charge on any atom is 0.0183 e. The molecule has 1 saturated heterocycles. The SMILES string of the molecule is CC(C)=CCC1C(C(C)I)CN1C(C)C. The molecular weight excluding hydrogens is 297 g/mol. The molecule has 15 heavy (non-hydrogen) atoms. The summed E-state index contributed by atoms with van der Waals surface area (Å²) in [6.45, 7) is 12.6. The maximum absolute atomic E-state index is 2.64. The van der Waals surface area contributed by atoms with Crippen molar-refractivity contribution in [1.82, 2.24) is 4.90 Å². The van der Waals surface area contributed by atoms with Gasteiger partial charge in [0, 0.05) is 22.6 Å². The van der Waals surface area contributed by atoms with Gasteiger partial charge in [-0.05, 0) is 40.0 Å². The van der Waals surface area contributed by atoms with Gasteiger partial charge in [0.15, 0.2) is 0 Å². The molecule has 3 unspecified atom stereocenters. The molecule has 0 aliphatic carbocycles. The maximum atomic E-state index is 2.64. The van der Waals surface area contributed by atoms with Crippen LogP contribution in [0.15, 0.2) is 11.6 Å². The molecule has 1 aliphatic heterocycles. The first-order chi connectivity index (χ1) is 6.93. The smallest absolute Gasteiger partial charge is 0.0183 e. The van der Waals surface area contributed by atoms with Crippen LogP contribution in [-0.4, -0.2) is 27.5 Å². The number of rotatable bonds is 4. The second-order valence-corrected chi connectivity index (χ2v) is 7.18. The van der Waals surface area contributed by atoms with Gasteiger partial charge in [-0.15, -0.1) is 0 Å². The van der Waals surface area contributed by atoms with Crippen molar-refractivity contribution in [1.29, 1.82) is 0 Å². The van der Waals surface area contributed by atoms with Gasteiger partial charge in [-0.1, -0.05) is 41.2 Å². The van der Waals surface area contributed by atoms with E-state index in [2.05, 4.69) is 68.2 Å². The first kappa shape index (κ1) is 13.5. The molecule has 88 valence electrons. The van der Waals surface area contributed by atoms with Crippen LogP contribution in [0.5, 0.6) is 0 Å². The summed E-state index contributed by atoms with van der Waals surface area (Å²) < 4.78 is 0.799.